The van der Waals surface area contributed by atoms with Gasteiger partial charge in [0.1, 0.15) is 18.0 Å². The predicted molar refractivity (Wildman–Crippen MR) is 131 cm³/mol. The average Bonchev–Trinajstić information content (AvgIpc) is 3.30. The van der Waals surface area contributed by atoms with E-state index < -0.39 is 43.6 Å². The van der Waals surface area contributed by atoms with Crippen LogP contribution in [0.3, 0.4) is 0 Å². The van der Waals surface area contributed by atoms with Crippen LogP contribution in [-0.4, -0.2) is 61.4 Å². The Morgan fingerprint density at radius 1 is 1.00 bits per heavy atom. The smallest absolute Gasteiger partial charge is 0.317 e. The Morgan fingerprint density at radius 2 is 1.63 bits per heavy atom. The van der Waals surface area contributed by atoms with E-state index in [-0.39, 0.29) is 30.6 Å². The number of nitrogens with zero attached hydrogens (tertiary/aromatic N) is 1. The fourth-order valence-corrected chi connectivity index (χ4v) is 6.23. The van der Waals surface area contributed by atoms with Gasteiger partial charge in [0.25, 0.3) is 5.91 Å². The zero-order chi connectivity index (χ0) is 25.6. The maximum atomic E-state index is 13.4. The second-order valence-corrected chi connectivity index (χ2v) is 10.9. The Labute approximate surface area is 204 Å². The number of hydrogen-bond donors (Lipinski definition) is 5. The zero-order valence-electron chi connectivity index (χ0n) is 19.4. The lowest BCUT2D eigenvalue weighted by atomic mass is 10.0. The second-order valence-electron chi connectivity index (χ2n) is 8.60. The molecule has 2 amide bonds. The SMILES string of the molecule is CC(=O)NC(Cc1ccc(O)cc1)C(=O)N1CCC=C1[P+](O)(O)CC(Cc1ccccc1)C(=O)O. The number of benzene rings is 2. The fourth-order valence-electron chi connectivity index (χ4n) is 4.14. The molecule has 35 heavy (non-hydrogen) atoms. The Kier molecular flexibility index (Phi) is 8.62. The highest BCUT2D eigenvalue weighted by molar-refractivity contribution is 7.68. The van der Waals surface area contributed by atoms with Crippen LogP contribution in [0, 0.1) is 5.92 Å². The van der Waals surface area contributed by atoms with Gasteiger partial charge in [-0.1, -0.05) is 42.5 Å². The maximum absolute atomic E-state index is 13.4. The minimum atomic E-state index is -3.97. The summed E-state index contributed by atoms with van der Waals surface area (Å²) in [6.45, 7) is 1.48. The van der Waals surface area contributed by atoms with Crippen LogP contribution >= 0.6 is 7.72 Å². The number of rotatable bonds is 10. The molecule has 5 N–H and O–H groups in total. The van der Waals surface area contributed by atoms with Gasteiger partial charge in [-0.25, -0.2) is 9.79 Å². The molecular formula is C25H30N2O7P+. The molecule has 186 valence electrons. The Balaban J connectivity index is 1.78. The highest BCUT2D eigenvalue weighted by Crippen LogP contribution is 2.61. The summed E-state index contributed by atoms with van der Waals surface area (Å²) in [6.07, 6.45) is 1.78. The van der Waals surface area contributed by atoms with Crippen molar-refractivity contribution < 1.29 is 34.4 Å². The van der Waals surface area contributed by atoms with Gasteiger partial charge in [-0.3, -0.25) is 19.3 Å². The third kappa shape index (κ3) is 7.11. The predicted octanol–water partition coefficient (Wildman–Crippen LogP) is 2.29. The molecule has 2 atom stereocenters. The first-order valence-electron chi connectivity index (χ1n) is 11.2. The number of amides is 2. The highest BCUT2D eigenvalue weighted by Gasteiger charge is 2.50. The van der Waals surface area contributed by atoms with Crippen molar-refractivity contribution in [1.82, 2.24) is 10.2 Å². The topological polar surface area (TPSA) is 147 Å². The van der Waals surface area contributed by atoms with Crippen molar-refractivity contribution in [2.24, 2.45) is 5.92 Å². The molecule has 2 aromatic rings. The Bertz CT molecular complexity index is 1090. The van der Waals surface area contributed by atoms with Crippen molar-refractivity contribution in [1.29, 1.82) is 0 Å². The monoisotopic (exact) mass is 501 g/mol. The van der Waals surface area contributed by atoms with Crippen molar-refractivity contribution in [3.63, 3.8) is 0 Å². The molecule has 2 unspecified atom stereocenters. The van der Waals surface area contributed by atoms with Gasteiger partial charge in [0.05, 0.1) is 5.92 Å². The summed E-state index contributed by atoms with van der Waals surface area (Å²) in [5, 5.41) is 21.8. The van der Waals surface area contributed by atoms with Gasteiger partial charge in [0, 0.05) is 19.9 Å². The van der Waals surface area contributed by atoms with E-state index in [1.807, 2.05) is 6.07 Å². The molecule has 10 heteroatoms. The van der Waals surface area contributed by atoms with Crippen LogP contribution in [0.25, 0.3) is 0 Å². The first-order valence-corrected chi connectivity index (χ1v) is 13.1. The Hall–Kier alpha value is -3.26. The molecule has 0 saturated carbocycles. The standard InChI is InChI=1S/C25H29N2O7P/c1-17(28)26-22(15-19-9-11-21(29)12-10-19)24(30)27-13-5-8-23(27)35(33,34)16-20(25(31)32)14-18-6-3-2-4-7-18/h2-4,6-12,20,22,33-34H,5,13-16H2,1H3,(H2-,26,28,29,31,32)/p+1. The average molecular weight is 501 g/mol. The van der Waals surface area contributed by atoms with Crippen molar-refractivity contribution >= 4 is 25.5 Å². The van der Waals surface area contributed by atoms with E-state index in [1.165, 1.54) is 24.0 Å². The van der Waals surface area contributed by atoms with Crippen molar-refractivity contribution in [3.8, 4) is 5.75 Å². The first kappa shape index (κ1) is 26.3. The Morgan fingerprint density at radius 3 is 2.23 bits per heavy atom. The van der Waals surface area contributed by atoms with E-state index in [1.54, 1.807) is 42.5 Å². The minimum Gasteiger partial charge on any atom is -0.508 e. The summed E-state index contributed by atoms with van der Waals surface area (Å²) in [5.74, 6) is -3.07. The summed E-state index contributed by atoms with van der Waals surface area (Å²) in [4.78, 5) is 60.4. The molecule has 0 saturated heterocycles. The van der Waals surface area contributed by atoms with Crippen LogP contribution in [0.15, 0.2) is 66.1 Å². The lowest BCUT2D eigenvalue weighted by Crippen LogP contribution is -2.48. The summed E-state index contributed by atoms with van der Waals surface area (Å²) in [5.41, 5.74) is 1.47. The third-order valence-corrected chi connectivity index (χ3v) is 7.90. The minimum absolute atomic E-state index is 0.0165. The van der Waals surface area contributed by atoms with Gasteiger partial charge < -0.3 is 15.5 Å². The first-order chi connectivity index (χ1) is 16.6. The van der Waals surface area contributed by atoms with Gasteiger partial charge in [-0.15, -0.1) is 0 Å². The van der Waals surface area contributed by atoms with Crippen LogP contribution in [0.4, 0.5) is 0 Å². The molecule has 0 spiro atoms. The van der Waals surface area contributed by atoms with Gasteiger partial charge >= 0.3 is 13.7 Å². The van der Waals surface area contributed by atoms with Crippen molar-refractivity contribution in [2.75, 3.05) is 12.7 Å². The lowest BCUT2D eigenvalue weighted by Gasteiger charge is -2.28. The lowest BCUT2D eigenvalue weighted by molar-refractivity contribution is -0.141. The number of carboxylic acid groups (broad SMARTS) is 1. The molecule has 0 radical (unpaired) electrons. The molecule has 1 heterocycles. The van der Waals surface area contributed by atoms with E-state index in [0.717, 1.165) is 5.56 Å². The maximum Gasteiger partial charge on any atom is 0.317 e. The number of aliphatic carboxylic acids is 1. The van der Waals surface area contributed by atoms with Crippen LogP contribution in [0.1, 0.15) is 24.5 Å². The van der Waals surface area contributed by atoms with Crippen LogP contribution < -0.4 is 5.32 Å². The van der Waals surface area contributed by atoms with E-state index in [9.17, 15) is 34.4 Å². The van der Waals surface area contributed by atoms with Crippen molar-refractivity contribution in [2.45, 2.75) is 32.2 Å². The van der Waals surface area contributed by atoms with E-state index in [2.05, 4.69) is 5.32 Å². The van der Waals surface area contributed by atoms with Crippen LogP contribution in [0.5, 0.6) is 5.75 Å². The summed E-state index contributed by atoms with van der Waals surface area (Å²) >= 11 is 0. The molecule has 1 aliphatic heterocycles. The zero-order valence-corrected chi connectivity index (χ0v) is 20.3. The number of carboxylic acids is 1. The van der Waals surface area contributed by atoms with Crippen LogP contribution in [-0.2, 0) is 27.2 Å². The number of aromatic hydroxyl groups is 1. The highest BCUT2D eigenvalue weighted by atomic mass is 31.2. The molecule has 0 aliphatic carbocycles. The van der Waals surface area contributed by atoms with Gasteiger partial charge in [-0.05, 0) is 42.2 Å². The molecule has 0 aromatic heterocycles. The quantitative estimate of drug-likeness (QED) is 0.314. The van der Waals surface area contributed by atoms with Gasteiger partial charge in [0.2, 0.25) is 11.3 Å². The van der Waals surface area contributed by atoms with E-state index in [4.69, 9.17) is 0 Å². The van der Waals surface area contributed by atoms with Crippen LogP contribution in [0.2, 0.25) is 0 Å². The molecule has 1 aliphatic rings. The molecule has 0 fully saturated rings. The number of carbonyl (C=O) groups is 3. The second kappa shape index (κ2) is 11.4. The summed E-state index contributed by atoms with van der Waals surface area (Å²) in [6, 6.07) is 14.2. The molecule has 0 bridgehead atoms. The van der Waals surface area contributed by atoms with Gasteiger partial charge in [0.15, 0.2) is 0 Å². The number of phenols is 1. The molecule has 3 rings (SSSR count). The number of hydrogen-bond acceptors (Lipinski definition) is 6. The number of nitrogens with one attached hydrogen (secondary N) is 1. The number of phenolic OH excluding ortho intramolecular Hbond substituents is 1. The third-order valence-electron chi connectivity index (χ3n) is 5.79. The fraction of sp³-hybridized carbons (Fsp3) is 0.320. The molecular weight excluding hydrogens is 471 g/mol. The normalized spacial score (nSPS) is 15.3. The largest absolute Gasteiger partial charge is 0.508 e. The summed E-state index contributed by atoms with van der Waals surface area (Å²) in [7, 11) is -3.97. The number of carbonyl (C=O) groups excluding carboxylic acids is 2. The van der Waals surface area contributed by atoms with Crippen molar-refractivity contribution in [3.05, 3.63) is 77.2 Å². The van der Waals surface area contributed by atoms with E-state index >= 15 is 0 Å². The van der Waals surface area contributed by atoms with Gasteiger partial charge in [-0.2, -0.15) is 0 Å². The van der Waals surface area contributed by atoms with E-state index in [0.29, 0.717) is 12.0 Å². The molecule has 2 aromatic carbocycles. The molecule has 9 nitrogen and oxygen atoms in total. The summed E-state index contributed by atoms with van der Waals surface area (Å²) < 4.78 is 0.